The van der Waals surface area contributed by atoms with Gasteiger partial charge in [0.05, 0.1) is 5.69 Å². The predicted molar refractivity (Wildman–Crippen MR) is 86.4 cm³/mol. The molecule has 0 radical (unpaired) electrons. The molecule has 2 heterocycles. The van der Waals surface area contributed by atoms with Crippen LogP contribution in [0.4, 0.5) is 0 Å². The minimum atomic E-state index is 0.681. The molecule has 118 valence electrons. The monoisotopic (exact) mass is 291 g/mol. The second-order valence-electron chi connectivity index (χ2n) is 6.12. The van der Waals surface area contributed by atoms with Crippen LogP contribution in [0.3, 0.4) is 0 Å². The fraction of sp³-hybridized carbons (Fsp3) is 0.706. The molecule has 1 aromatic heterocycles. The summed E-state index contributed by atoms with van der Waals surface area (Å²) in [7, 11) is 4.00. The van der Waals surface area contributed by atoms with E-state index in [9.17, 15) is 0 Å². The summed E-state index contributed by atoms with van der Waals surface area (Å²) in [6.45, 7) is 7.36. The molecule has 0 bridgehead atoms. The lowest BCUT2D eigenvalue weighted by Crippen LogP contribution is -2.44. The van der Waals surface area contributed by atoms with Crippen LogP contribution < -0.4 is 0 Å². The van der Waals surface area contributed by atoms with Gasteiger partial charge in [0.1, 0.15) is 0 Å². The minimum absolute atomic E-state index is 0.681. The van der Waals surface area contributed by atoms with Gasteiger partial charge in [0.2, 0.25) is 0 Å². The number of pyridine rings is 1. The average Bonchev–Trinajstić information content (AvgIpc) is 2.47. The van der Waals surface area contributed by atoms with E-state index in [1.54, 1.807) is 7.11 Å². The molecule has 1 saturated heterocycles. The summed E-state index contributed by atoms with van der Waals surface area (Å²) in [5.74, 6) is 0. The van der Waals surface area contributed by atoms with E-state index in [4.69, 9.17) is 4.74 Å². The maximum atomic E-state index is 5.22. The van der Waals surface area contributed by atoms with Crippen molar-refractivity contribution in [2.75, 3.05) is 40.4 Å². The van der Waals surface area contributed by atoms with Crippen molar-refractivity contribution in [3.05, 3.63) is 29.6 Å². The van der Waals surface area contributed by atoms with E-state index in [0.717, 1.165) is 31.8 Å². The van der Waals surface area contributed by atoms with E-state index < -0.39 is 0 Å². The van der Waals surface area contributed by atoms with E-state index in [1.165, 1.54) is 31.6 Å². The molecule has 0 spiro atoms. The third-order valence-electron chi connectivity index (χ3n) is 4.31. The van der Waals surface area contributed by atoms with Gasteiger partial charge in [-0.2, -0.15) is 0 Å². The SMILES string of the molecule is COCCCN(Cc1cccc(C)n1)C1CCN(C)CC1. The largest absolute Gasteiger partial charge is 0.385 e. The van der Waals surface area contributed by atoms with E-state index in [2.05, 4.69) is 47.0 Å². The number of piperidine rings is 1. The standard InChI is InChI=1S/C17H29N3O/c1-15-6-4-7-16(18-15)14-20(10-5-13-21-3)17-8-11-19(2)12-9-17/h4,6-7,17H,5,8-14H2,1-3H3. The highest BCUT2D eigenvalue weighted by atomic mass is 16.5. The molecule has 0 atom stereocenters. The molecule has 1 aromatic rings. The molecule has 2 rings (SSSR count). The molecule has 0 N–H and O–H groups in total. The molecule has 0 aliphatic carbocycles. The fourth-order valence-electron chi connectivity index (χ4n) is 3.06. The van der Waals surface area contributed by atoms with Gasteiger partial charge in [-0.05, 0) is 58.5 Å². The van der Waals surface area contributed by atoms with Gasteiger partial charge < -0.3 is 9.64 Å². The first kappa shape index (κ1) is 16.4. The Morgan fingerprint density at radius 3 is 2.76 bits per heavy atom. The van der Waals surface area contributed by atoms with Crippen LogP contribution in [0.15, 0.2) is 18.2 Å². The highest BCUT2D eigenvalue weighted by molar-refractivity contribution is 5.10. The Morgan fingerprint density at radius 1 is 1.33 bits per heavy atom. The Kier molecular flexibility index (Phi) is 6.61. The summed E-state index contributed by atoms with van der Waals surface area (Å²) >= 11 is 0. The van der Waals surface area contributed by atoms with E-state index in [-0.39, 0.29) is 0 Å². The van der Waals surface area contributed by atoms with Crippen LogP contribution in [0.2, 0.25) is 0 Å². The summed E-state index contributed by atoms with van der Waals surface area (Å²) in [6, 6.07) is 7.00. The van der Waals surface area contributed by atoms with Crippen LogP contribution >= 0.6 is 0 Å². The average molecular weight is 291 g/mol. The van der Waals surface area contributed by atoms with E-state index in [1.807, 2.05) is 0 Å². The van der Waals surface area contributed by atoms with Crippen molar-refractivity contribution >= 4 is 0 Å². The molecular weight excluding hydrogens is 262 g/mol. The third kappa shape index (κ3) is 5.38. The lowest BCUT2D eigenvalue weighted by molar-refractivity contribution is 0.0989. The maximum Gasteiger partial charge on any atom is 0.0547 e. The Bertz CT molecular complexity index is 416. The summed E-state index contributed by atoms with van der Waals surface area (Å²) in [6.07, 6.45) is 3.61. The number of aryl methyl sites for hydroxylation is 1. The van der Waals surface area contributed by atoms with Gasteiger partial charge in [0, 0.05) is 38.5 Å². The number of methoxy groups -OCH3 is 1. The normalized spacial score (nSPS) is 17.5. The molecular formula is C17H29N3O. The lowest BCUT2D eigenvalue weighted by Gasteiger charge is -2.37. The van der Waals surface area contributed by atoms with Gasteiger partial charge in [0.15, 0.2) is 0 Å². The molecule has 21 heavy (non-hydrogen) atoms. The number of hydrogen-bond donors (Lipinski definition) is 0. The highest BCUT2D eigenvalue weighted by Crippen LogP contribution is 2.18. The molecule has 4 nitrogen and oxygen atoms in total. The zero-order valence-corrected chi connectivity index (χ0v) is 13.7. The van der Waals surface area contributed by atoms with Crippen molar-refractivity contribution < 1.29 is 4.74 Å². The molecule has 1 aliphatic rings. The molecule has 4 heteroatoms. The van der Waals surface area contributed by atoms with Crippen LogP contribution in [-0.4, -0.2) is 61.2 Å². The number of nitrogens with zero attached hydrogens (tertiary/aromatic N) is 3. The Labute approximate surface area is 129 Å². The minimum Gasteiger partial charge on any atom is -0.385 e. The van der Waals surface area contributed by atoms with Crippen LogP contribution in [0.25, 0.3) is 0 Å². The third-order valence-corrected chi connectivity index (χ3v) is 4.31. The van der Waals surface area contributed by atoms with Gasteiger partial charge in [-0.15, -0.1) is 0 Å². The Hall–Kier alpha value is -0.970. The van der Waals surface area contributed by atoms with Crippen molar-refractivity contribution in [1.29, 1.82) is 0 Å². The molecule has 0 unspecified atom stereocenters. The molecule has 0 aromatic carbocycles. The number of aromatic nitrogens is 1. The van der Waals surface area contributed by atoms with Crippen LogP contribution in [0, 0.1) is 6.92 Å². The summed E-state index contributed by atoms with van der Waals surface area (Å²) in [5.41, 5.74) is 2.29. The van der Waals surface area contributed by atoms with Crippen molar-refractivity contribution in [2.45, 2.75) is 38.8 Å². The highest BCUT2D eigenvalue weighted by Gasteiger charge is 2.23. The quantitative estimate of drug-likeness (QED) is 0.721. The van der Waals surface area contributed by atoms with Gasteiger partial charge in [-0.25, -0.2) is 0 Å². The van der Waals surface area contributed by atoms with Gasteiger partial charge in [0.25, 0.3) is 0 Å². The van der Waals surface area contributed by atoms with Crippen molar-refractivity contribution in [1.82, 2.24) is 14.8 Å². The number of ether oxygens (including phenoxy) is 1. The number of rotatable bonds is 7. The second kappa shape index (κ2) is 8.47. The second-order valence-corrected chi connectivity index (χ2v) is 6.12. The summed E-state index contributed by atoms with van der Waals surface area (Å²) in [5, 5.41) is 0. The Morgan fingerprint density at radius 2 is 2.10 bits per heavy atom. The first-order valence-electron chi connectivity index (χ1n) is 8.03. The molecule has 1 aliphatic heterocycles. The first-order chi connectivity index (χ1) is 10.2. The fourth-order valence-corrected chi connectivity index (χ4v) is 3.06. The summed E-state index contributed by atoms with van der Waals surface area (Å²) < 4.78 is 5.22. The predicted octanol–water partition coefficient (Wildman–Crippen LogP) is 2.32. The van der Waals surface area contributed by atoms with E-state index >= 15 is 0 Å². The topological polar surface area (TPSA) is 28.6 Å². The lowest BCUT2D eigenvalue weighted by atomic mass is 10.0. The van der Waals surface area contributed by atoms with Gasteiger partial charge in [-0.3, -0.25) is 9.88 Å². The molecule has 1 fully saturated rings. The Balaban J connectivity index is 1.97. The van der Waals surface area contributed by atoms with Gasteiger partial charge >= 0.3 is 0 Å². The van der Waals surface area contributed by atoms with Crippen molar-refractivity contribution in [3.8, 4) is 0 Å². The first-order valence-corrected chi connectivity index (χ1v) is 8.03. The van der Waals surface area contributed by atoms with Crippen LogP contribution in [0.1, 0.15) is 30.7 Å². The van der Waals surface area contributed by atoms with Crippen molar-refractivity contribution in [2.24, 2.45) is 0 Å². The zero-order valence-electron chi connectivity index (χ0n) is 13.7. The maximum absolute atomic E-state index is 5.22. The molecule has 0 saturated carbocycles. The smallest absolute Gasteiger partial charge is 0.0547 e. The molecule has 0 amide bonds. The van der Waals surface area contributed by atoms with E-state index in [0.29, 0.717) is 6.04 Å². The van der Waals surface area contributed by atoms with Gasteiger partial charge in [-0.1, -0.05) is 6.07 Å². The van der Waals surface area contributed by atoms with Crippen LogP contribution in [0.5, 0.6) is 0 Å². The number of hydrogen-bond acceptors (Lipinski definition) is 4. The zero-order chi connectivity index (χ0) is 15.1. The summed E-state index contributed by atoms with van der Waals surface area (Å²) in [4.78, 5) is 9.70. The van der Waals surface area contributed by atoms with Crippen molar-refractivity contribution in [3.63, 3.8) is 0 Å². The van der Waals surface area contributed by atoms with Crippen LogP contribution in [-0.2, 0) is 11.3 Å². The number of likely N-dealkylation sites (tertiary alicyclic amines) is 1.